The number of thiophene rings is 1. The summed E-state index contributed by atoms with van der Waals surface area (Å²) in [4.78, 5) is 0. The molecule has 0 saturated heterocycles. The molecule has 0 aliphatic carbocycles. The molecule has 1 heterocycles. The Morgan fingerprint density at radius 1 is 1.29 bits per heavy atom. The Hall–Kier alpha value is -0.860. The standard InChI is InChI=1S/C15H21NS/c1-4-15(16,11(2)3)9-12-10-17-14-8-6-5-7-13(12)14/h5-8,10-11H,4,9,16H2,1-3H3. The van der Waals surface area contributed by atoms with Crippen LogP contribution in [0.2, 0.25) is 0 Å². The highest BCUT2D eigenvalue weighted by molar-refractivity contribution is 7.17. The SMILES string of the molecule is CCC(N)(Cc1csc2ccccc12)C(C)C. The highest BCUT2D eigenvalue weighted by atomic mass is 32.1. The van der Waals surface area contributed by atoms with Gasteiger partial charge < -0.3 is 5.73 Å². The smallest absolute Gasteiger partial charge is 0.0345 e. The summed E-state index contributed by atoms with van der Waals surface area (Å²) in [6, 6.07) is 8.60. The molecule has 17 heavy (non-hydrogen) atoms. The predicted octanol–water partition coefficient (Wildman–Crippen LogP) is 4.21. The van der Waals surface area contributed by atoms with E-state index in [0.29, 0.717) is 5.92 Å². The van der Waals surface area contributed by atoms with Crippen molar-refractivity contribution >= 4 is 21.4 Å². The minimum atomic E-state index is -0.0795. The van der Waals surface area contributed by atoms with E-state index < -0.39 is 0 Å². The lowest BCUT2D eigenvalue weighted by Crippen LogP contribution is -2.46. The van der Waals surface area contributed by atoms with Gasteiger partial charge in [0.05, 0.1) is 0 Å². The second kappa shape index (κ2) is 4.79. The molecule has 0 saturated carbocycles. The van der Waals surface area contributed by atoms with Crippen molar-refractivity contribution in [3.05, 3.63) is 35.2 Å². The summed E-state index contributed by atoms with van der Waals surface area (Å²) >= 11 is 1.82. The molecule has 0 amide bonds. The van der Waals surface area contributed by atoms with E-state index in [1.165, 1.54) is 15.6 Å². The first-order chi connectivity index (χ1) is 8.07. The maximum atomic E-state index is 6.53. The average molecular weight is 247 g/mol. The fraction of sp³-hybridized carbons (Fsp3) is 0.467. The van der Waals surface area contributed by atoms with Crippen LogP contribution in [0.1, 0.15) is 32.8 Å². The van der Waals surface area contributed by atoms with Gasteiger partial charge in [0, 0.05) is 10.2 Å². The third-order valence-electron chi connectivity index (χ3n) is 3.89. The summed E-state index contributed by atoms with van der Waals surface area (Å²) in [5.41, 5.74) is 7.85. The van der Waals surface area contributed by atoms with Gasteiger partial charge in [-0.25, -0.2) is 0 Å². The van der Waals surface area contributed by atoms with Gasteiger partial charge in [0.2, 0.25) is 0 Å². The lowest BCUT2D eigenvalue weighted by molar-refractivity contribution is 0.297. The summed E-state index contributed by atoms with van der Waals surface area (Å²) in [5, 5.41) is 3.64. The van der Waals surface area contributed by atoms with E-state index in [-0.39, 0.29) is 5.54 Å². The monoisotopic (exact) mass is 247 g/mol. The van der Waals surface area contributed by atoms with Gasteiger partial charge in [0.25, 0.3) is 0 Å². The number of nitrogens with two attached hydrogens (primary N) is 1. The second-order valence-corrected chi connectivity index (χ2v) is 6.09. The third-order valence-corrected chi connectivity index (χ3v) is 4.90. The van der Waals surface area contributed by atoms with Gasteiger partial charge in [-0.1, -0.05) is 39.0 Å². The molecule has 0 fully saturated rings. The van der Waals surface area contributed by atoms with E-state index in [0.717, 1.165) is 12.8 Å². The van der Waals surface area contributed by atoms with Crippen LogP contribution in [0.4, 0.5) is 0 Å². The van der Waals surface area contributed by atoms with Crippen LogP contribution in [-0.4, -0.2) is 5.54 Å². The first kappa shape index (κ1) is 12.6. The number of hydrogen-bond acceptors (Lipinski definition) is 2. The van der Waals surface area contributed by atoms with Crippen LogP contribution in [-0.2, 0) is 6.42 Å². The van der Waals surface area contributed by atoms with Gasteiger partial charge in [-0.15, -0.1) is 11.3 Å². The molecule has 2 rings (SSSR count). The molecule has 92 valence electrons. The average Bonchev–Trinajstić information content (AvgIpc) is 2.72. The van der Waals surface area contributed by atoms with Crippen molar-refractivity contribution in [1.29, 1.82) is 0 Å². The Bertz CT molecular complexity index is 500. The molecule has 1 nitrogen and oxygen atoms in total. The van der Waals surface area contributed by atoms with Crippen LogP contribution in [0.15, 0.2) is 29.6 Å². The Labute approximate surface area is 108 Å². The Morgan fingerprint density at radius 2 is 2.00 bits per heavy atom. The topological polar surface area (TPSA) is 26.0 Å². The van der Waals surface area contributed by atoms with Crippen molar-refractivity contribution in [2.45, 2.75) is 39.2 Å². The van der Waals surface area contributed by atoms with Crippen molar-refractivity contribution < 1.29 is 0 Å². The zero-order chi connectivity index (χ0) is 12.5. The van der Waals surface area contributed by atoms with Gasteiger partial charge in [-0.05, 0) is 41.2 Å². The molecule has 0 spiro atoms. The van der Waals surface area contributed by atoms with Crippen molar-refractivity contribution in [2.24, 2.45) is 11.7 Å². The Morgan fingerprint density at radius 3 is 2.65 bits per heavy atom. The van der Waals surface area contributed by atoms with Gasteiger partial charge in [-0.3, -0.25) is 0 Å². The van der Waals surface area contributed by atoms with Crippen molar-refractivity contribution in [1.82, 2.24) is 0 Å². The molecular formula is C15H21NS. The van der Waals surface area contributed by atoms with Crippen LogP contribution >= 0.6 is 11.3 Å². The quantitative estimate of drug-likeness (QED) is 0.860. The Kier molecular flexibility index (Phi) is 3.55. The summed E-state index contributed by atoms with van der Waals surface area (Å²) in [5.74, 6) is 0.506. The van der Waals surface area contributed by atoms with E-state index in [1.54, 1.807) is 0 Å². The van der Waals surface area contributed by atoms with Crippen molar-refractivity contribution in [3.8, 4) is 0 Å². The van der Waals surface area contributed by atoms with Crippen LogP contribution in [0.25, 0.3) is 10.1 Å². The molecule has 2 heteroatoms. The molecule has 1 unspecified atom stereocenters. The van der Waals surface area contributed by atoms with Crippen molar-refractivity contribution in [2.75, 3.05) is 0 Å². The van der Waals surface area contributed by atoms with Crippen molar-refractivity contribution in [3.63, 3.8) is 0 Å². The number of benzene rings is 1. The molecule has 1 aromatic carbocycles. The fourth-order valence-electron chi connectivity index (χ4n) is 2.26. The number of fused-ring (bicyclic) bond motifs is 1. The van der Waals surface area contributed by atoms with E-state index in [1.807, 2.05) is 11.3 Å². The Balaban J connectivity index is 2.35. The molecule has 0 aliphatic rings. The minimum absolute atomic E-state index is 0.0795. The van der Waals surface area contributed by atoms with Gasteiger partial charge >= 0.3 is 0 Å². The molecule has 1 aromatic heterocycles. The number of rotatable bonds is 4. The summed E-state index contributed by atoms with van der Waals surface area (Å²) < 4.78 is 1.37. The summed E-state index contributed by atoms with van der Waals surface area (Å²) in [6.45, 7) is 6.63. The van der Waals surface area contributed by atoms with Gasteiger partial charge in [0.15, 0.2) is 0 Å². The first-order valence-electron chi connectivity index (χ1n) is 6.31. The van der Waals surface area contributed by atoms with Crippen LogP contribution in [0, 0.1) is 5.92 Å². The normalized spacial score (nSPS) is 15.4. The fourth-order valence-corrected chi connectivity index (χ4v) is 3.22. The zero-order valence-electron chi connectivity index (χ0n) is 10.9. The summed E-state index contributed by atoms with van der Waals surface area (Å²) in [7, 11) is 0. The zero-order valence-corrected chi connectivity index (χ0v) is 11.7. The molecule has 0 radical (unpaired) electrons. The van der Waals surface area contributed by atoms with E-state index in [9.17, 15) is 0 Å². The highest BCUT2D eigenvalue weighted by Gasteiger charge is 2.28. The first-order valence-corrected chi connectivity index (χ1v) is 7.19. The van der Waals surface area contributed by atoms with Crippen LogP contribution < -0.4 is 5.73 Å². The predicted molar refractivity (Wildman–Crippen MR) is 77.6 cm³/mol. The number of hydrogen-bond donors (Lipinski definition) is 1. The van der Waals surface area contributed by atoms with Crippen LogP contribution in [0.5, 0.6) is 0 Å². The van der Waals surface area contributed by atoms with Crippen LogP contribution in [0.3, 0.4) is 0 Å². The van der Waals surface area contributed by atoms with E-state index >= 15 is 0 Å². The van der Waals surface area contributed by atoms with E-state index in [2.05, 4.69) is 50.4 Å². The summed E-state index contributed by atoms with van der Waals surface area (Å²) in [6.07, 6.45) is 2.00. The second-order valence-electron chi connectivity index (χ2n) is 5.18. The molecule has 0 aliphatic heterocycles. The molecule has 1 atom stereocenters. The third kappa shape index (κ3) is 2.38. The molecular weight excluding hydrogens is 226 g/mol. The van der Waals surface area contributed by atoms with Gasteiger partial charge in [-0.2, -0.15) is 0 Å². The minimum Gasteiger partial charge on any atom is -0.325 e. The molecule has 0 bridgehead atoms. The molecule has 2 aromatic rings. The maximum absolute atomic E-state index is 6.53. The largest absolute Gasteiger partial charge is 0.325 e. The maximum Gasteiger partial charge on any atom is 0.0345 e. The lowest BCUT2D eigenvalue weighted by Gasteiger charge is -2.32. The highest BCUT2D eigenvalue weighted by Crippen LogP contribution is 2.31. The van der Waals surface area contributed by atoms with E-state index in [4.69, 9.17) is 5.73 Å². The lowest BCUT2D eigenvalue weighted by atomic mass is 9.80. The van der Waals surface area contributed by atoms with Gasteiger partial charge in [0.1, 0.15) is 0 Å². The molecule has 2 N–H and O–H groups in total.